The number of carbonyl (C=O) groups is 2. The van der Waals surface area contributed by atoms with Crippen molar-refractivity contribution in [1.82, 2.24) is 40.8 Å². The molecule has 2 aromatic rings. The van der Waals surface area contributed by atoms with Gasteiger partial charge in [0, 0.05) is 18.5 Å². The SMILES string of the molecule is O=C(Cc1nc(C2CC2)n[nH]1)NCC1CC(NC(=O)Cn2nccn2)C1. The van der Waals surface area contributed by atoms with Gasteiger partial charge in [-0.1, -0.05) is 0 Å². The standard InChI is InChI=1S/C16H22N8O2/c25-14(7-13-21-16(23-22-13)11-1-2-11)17-8-10-5-12(6-10)20-15(26)9-24-18-3-4-19-24/h3-4,10-12H,1-2,5-9H2,(H,17,25)(H,20,26)(H,21,22,23). The topological polar surface area (TPSA) is 130 Å². The molecule has 2 saturated carbocycles. The van der Waals surface area contributed by atoms with Crippen molar-refractivity contribution in [3.05, 3.63) is 24.0 Å². The van der Waals surface area contributed by atoms with Crippen LogP contribution in [-0.4, -0.2) is 54.6 Å². The molecule has 2 amide bonds. The molecule has 3 N–H and O–H groups in total. The van der Waals surface area contributed by atoms with Crippen molar-refractivity contribution in [1.29, 1.82) is 0 Å². The van der Waals surface area contributed by atoms with Crippen molar-refractivity contribution in [3.8, 4) is 0 Å². The maximum absolute atomic E-state index is 12.0. The van der Waals surface area contributed by atoms with Crippen LogP contribution in [0, 0.1) is 5.92 Å². The van der Waals surface area contributed by atoms with Gasteiger partial charge in [0.1, 0.15) is 12.4 Å². The van der Waals surface area contributed by atoms with Crippen LogP contribution in [0.3, 0.4) is 0 Å². The molecule has 138 valence electrons. The molecule has 2 heterocycles. The Morgan fingerprint density at radius 3 is 2.69 bits per heavy atom. The van der Waals surface area contributed by atoms with Gasteiger partial charge < -0.3 is 10.6 Å². The molecule has 10 heteroatoms. The first-order valence-corrected chi connectivity index (χ1v) is 8.97. The van der Waals surface area contributed by atoms with E-state index in [1.165, 1.54) is 4.80 Å². The molecule has 2 aromatic heterocycles. The predicted octanol–water partition coefficient (Wildman–Crippen LogP) is -0.473. The third-order valence-corrected chi connectivity index (χ3v) is 4.76. The van der Waals surface area contributed by atoms with Crippen LogP contribution < -0.4 is 10.6 Å². The highest BCUT2D eigenvalue weighted by Crippen LogP contribution is 2.37. The van der Waals surface area contributed by atoms with E-state index in [4.69, 9.17) is 0 Å². The van der Waals surface area contributed by atoms with Gasteiger partial charge in [0.25, 0.3) is 0 Å². The minimum atomic E-state index is -0.0922. The molecule has 0 spiro atoms. The molecule has 0 aromatic carbocycles. The molecule has 0 aliphatic heterocycles. The highest BCUT2D eigenvalue weighted by atomic mass is 16.2. The van der Waals surface area contributed by atoms with Crippen molar-refractivity contribution < 1.29 is 9.59 Å². The van der Waals surface area contributed by atoms with E-state index in [2.05, 4.69) is 36.0 Å². The van der Waals surface area contributed by atoms with E-state index in [0.717, 1.165) is 31.5 Å². The second kappa shape index (κ2) is 7.22. The Labute approximate surface area is 150 Å². The maximum atomic E-state index is 12.0. The summed E-state index contributed by atoms with van der Waals surface area (Å²) in [6, 6.07) is 0.162. The lowest BCUT2D eigenvalue weighted by Crippen LogP contribution is -2.48. The normalized spacial score (nSPS) is 21.8. The number of hydrogen-bond donors (Lipinski definition) is 3. The van der Waals surface area contributed by atoms with E-state index < -0.39 is 0 Å². The molecule has 2 fully saturated rings. The first-order chi connectivity index (χ1) is 12.7. The molecule has 0 bridgehead atoms. The van der Waals surface area contributed by atoms with Gasteiger partial charge in [-0.05, 0) is 31.6 Å². The van der Waals surface area contributed by atoms with Crippen LogP contribution in [0.15, 0.2) is 12.4 Å². The summed E-state index contributed by atoms with van der Waals surface area (Å²) in [5.74, 6) is 2.18. The van der Waals surface area contributed by atoms with Crippen molar-refractivity contribution in [2.45, 2.75) is 50.6 Å². The van der Waals surface area contributed by atoms with Crippen molar-refractivity contribution >= 4 is 11.8 Å². The zero-order valence-electron chi connectivity index (χ0n) is 14.4. The monoisotopic (exact) mass is 358 g/mol. The third-order valence-electron chi connectivity index (χ3n) is 4.76. The van der Waals surface area contributed by atoms with Crippen molar-refractivity contribution in [2.75, 3.05) is 6.54 Å². The van der Waals surface area contributed by atoms with Crippen LogP contribution in [0.1, 0.15) is 43.3 Å². The fourth-order valence-electron chi connectivity index (χ4n) is 3.13. The van der Waals surface area contributed by atoms with Gasteiger partial charge in [-0.3, -0.25) is 14.7 Å². The molecule has 4 rings (SSSR count). The van der Waals surface area contributed by atoms with Crippen LogP contribution in [-0.2, 0) is 22.6 Å². The van der Waals surface area contributed by atoms with Crippen LogP contribution in [0.4, 0.5) is 0 Å². The Hall–Kier alpha value is -2.78. The van der Waals surface area contributed by atoms with Gasteiger partial charge in [-0.2, -0.15) is 20.1 Å². The summed E-state index contributed by atoms with van der Waals surface area (Å²) >= 11 is 0. The molecule has 0 unspecified atom stereocenters. The van der Waals surface area contributed by atoms with E-state index in [1.807, 2.05) is 0 Å². The molecule has 10 nitrogen and oxygen atoms in total. The Morgan fingerprint density at radius 1 is 1.19 bits per heavy atom. The first kappa shape index (κ1) is 16.7. The van der Waals surface area contributed by atoms with Crippen LogP contribution in [0.2, 0.25) is 0 Å². The minimum Gasteiger partial charge on any atom is -0.355 e. The van der Waals surface area contributed by atoms with Crippen LogP contribution in [0.25, 0.3) is 0 Å². The number of carbonyl (C=O) groups excluding carboxylic acids is 2. The molecule has 0 saturated heterocycles. The average Bonchev–Trinajstić information content (AvgIpc) is 3.10. The summed E-state index contributed by atoms with van der Waals surface area (Å²) in [7, 11) is 0. The first-order valence-electron chi connectivity index (χ1n) is 8.97. The number of aromatic nitrogens is 6. The lowest BCUT2D eigenvalue weighted by atomic mass is 9.80. The van der Waals surface area contributed by atoms with Crippen LogP contribution >= 0.6 is 0 Å². The maximum Gasteiger partial charge on any atom is 0.243 e. The zero-order chi connectivity index (χ0) is 17.9. The summed E-state index contributed by atoms with van der Waals surface area (Å²) < 4.78 is 0. The zero-order valence-corrected chi connectivity index (χ0v) is 14.4. The second-order valence-corrected chi connectivity index (χ2v) is 7.06. The Morgan fingerprint density at radius 2 is 1.96 bits per heavy atom. The number of H-pyrrole nitrogens is 1. The largest absolute Gasteiger partial charge is 0.355 e. The highest BCUT2D eigenvalue weighted by molar-refractivity contribution is 5.77. The minimum absolute atomic E-state index is 0.0549. The van der Waals surface area contributed by atoms with Crippen molar-refractivity contribution in [3.63, 3.8) is 0 Å². The lowest BCUT2D eigenvalue weighted by molar-refractivity contribution is -0.124. The number of nitrogens with one attached hydrogen (secondary N) is 3. The summed E-state index contributed by atoms with van der Waals surface area (Å²) in [6.07, 6.45) is 7.33. The molecule has 0 radical (unpaired) electrons. The molecular weight excluding hydrogens is 336 g/mol. The van der Waals surface area contributed by atoms with Crippen molar-refractivity contribution in [2.24, 2.45) is 5.92 Å². The van der Waals surface area contributed by atoms with E-state index in [-0.39, 0.29) is 30.8 Å². The average molecular weight is 358 g/mol. The highest BCUT2D eigenvalue weighted by Gasteiger charge is 2.31. The van der Waals surface area contributed by atoms with E-state index in [9.17, 15) is 9.59 Å². The lowest BCUT2D eigenvalue weighted by Gasteiger charge is -2.35. The Bertz CT molecular complexity index is 761. The predicted molar refractivity (Wildman–Crippen MR) is 89.7 cm³/mol. The van der Waals surface area contributed by atoms with Gasteiger partial charge in [-0.25, -0.2) is 4.98 Å². The van der Waals surface area contributed by atoms with Gasteiger partial charge >= 0.3 is 0 Å². The summed E-state index contributed by atoms with van der Waals surface area (Å²) in [4.78, 5) is 29.6. The Balaban J connectivity index is 1.11. The van der Waals surface area contributed by atoms with Crippen LogP contribution in [0.5, 0.6) is 0 Å². The number of hydrogen-bond acceptors (Lipinski definition) is 6. The number of rotatable bonds is 8. The third kappa shape index (κ3) is 4.24. The number of nitrogens with zero attached hydrogens (tertiary/aromatic N) is 5. The van der Waals surface area contributed by atoms with Gasteiger partial charge in [0.2, 0.25) is 11.8 Å². The van der Waals surface area contributed by atoms with E-state index in [1.54, 1.807) is 12.4 Å². The smallest absolute Gasteiger partial charge is 0.243 e. The fourth-order valence-corrected chi connectivity index (χ4v) is 3.13. The van der Waals surface area contributed by atoms with Gasteiger partial charge in [0.15, 0.2) is 5.82 Å². The molecule has 0 atom stereocenters. The fraction of sp³-hybridized carbons (Fsp3) is 0.625. The summed E-state index contributed by atoms with van der Waals surface area (Å²) in [5.41, 5.74) is 0. The second-order valence-electron chi connectivity index (χ2n) is 7.06. The summed E-state index contributed by atoms with van der Waals surface area (Å²) in [5, 5.41) is 20.7. The molecule has 2 aliphatic carbocycles. The van der Waals surface area contributed by atoms with Gasteiger partial charge in [-0.15, -0.1) is 0 Å². The molecular formula is C16H22N8O2. The quantitative estimate of drug-likeness (QED) is 0.585. The Kier molecular flexibility index (Phi) is 4.63. The summed E-state index contributed by atoms with van der Waals surface area (Å²) in [6.45, 7) is 0.750. The van der Waals surface area contributed by atoms with E-state index in [0.29, 0.717) is 24.2 Å². The number of amides is 2. The van der Waals surface area contributed by atoms with E-state index >= 15 is 0 Å². The molecule has 26 heavy (non-hydrogen) atoms. The number of aromatic amines is 1. The van der Waals surface area contributed by atoms with Gasteiger partial charge in [0.05, 0.1) is 18.8 Å². The molecule has 2 aliphatic rings.